The molecule has 0 saturated carbocycles. The van der Waals surface area contributed by atoms with Crippen molar-refractivity contribution in [3.8, 4) is 0 Å². The van der Waals surface area contributed by atoms with Crippen LogP contribution < -0.4 is 5.32 Å². The lowest BCUT2D eigenvalue weighted by Crippen LogP contribution is -2.24. The largest absolute Gasteiger partial charge is 0.352 e. The van der Waals surface area contributed by atoms with Crippen molar-refractivity contribution in [3.63, 3.8) is 0 Å². The molecule has 0 aliphatic rings. The van der Waals surface area contributed by atoms with Gasteiger partial charge in [-0.2, -0.15) is 0 Å². The maximum Gasteiger partial charge on any atom is 0.251 e. The molecule has 1 aromatic carbocycles. The molecule has 2 nitrogen and oxygen atoms in total. The molecule has 88 valence electrons. The number of nitrogens with one attached hydrogen (secondary N) is 1. The van der Waals surface area contributed by atoms with Crippen LogP contribution in [0, 0.1) is 3.57 Å². The Hall–Kier alpha value is 0.150. The monoisotopic (exact) mass is 443 g/mol. The van der Waals surface area contributed by atoms with E-state index in [1.54, 1.807) is 0 Å². The van der Waals surface area contributed by atoms with Gasteiger partial charge < -0.3 is 5.32 Å². The molecule has 0 aromatic heterocycles. The van der Waals surface area contributed by atoms with Crippen LogP contribution in [0.25, 0.3) is 0 Å². The van der Waals surface area contributed by atoms with Crippen molar-refractivity contribution in [1.29, 1.82) is 0 Å². The van der Waals surface area contributed by atoms with E-state index in [-0.39, 0.29) is 5.91 Å². The maximum atomic E-state index is 11.7. The van der Waals surface area contributed by atoms with Gasteiger partial charge in [-0.05, 0) is 64.1 Å². The minimum Gasteiger partial charge on any atom is -0.352 e. The van der Waals surface area contributed by atoms with E-state index < -0.39 is 0 Å². The van der Waals surface area contributed by atoms with E-state index in [9.17, 15) is 4.79 Å². The molecule has 0 aliphatic heterocycles. The van der Waals surface area contributed by atoms with Gasteiger partial charge in [-0.15, -0.1) is 0 Å². The molecule has 16 heavy (non-hydrogen) atoms. The second kappa shape index (κ2) is 8.27. The molecule has 0 aliphatic carbocycles. The predicted octanol–water partition coefficient (Wildman–Crippen LogP) is 3.63. The topological polar surface area (TPSA) is 29.1 Å². The molecule has 0 fully saturated rings. The standard InChI is InChI=1S/C12H15I2NO/c13-8-2-1-3-9-15-12(16)10-4-6-11(14)7-5-10/h4-7H,1-3,8-9H2,(H,15,16). The summed E-state index contributed by atoms with van der Waals surface area (Å²) in [5.41, 5.74) is 0.745. The number of hydrogen-bond donors (Lipinski definition) is 1. The molecule has 0 atom stereocenters. The predicted molar refractivity (Wildman–Crippen MR) is 84.2 cm³/mol. The number of rotatable bonds is 6. The highest BCUT2D eigenvalue weighted by Gasteiger charge is 2.03. The first-order valence-electron chi connectivity index (χ1n) is 5.34. The lowest BCUT2D eigenvalue weighted by Gasteiger charge is -2.04. The van der Waals surface area contributed by atoms with Gasteiger partial charge in [0, 0.05) is 15.7 Å². The summed E-state index contributed by atoms with van der Waals surface area (Å²) in [5.74, 6) is 0.0332. The first kappa shape index (κ1) is 14.2. The number of carbonyl (C=O) groups excluding carboxylic acids is 1. The van der Waals surface area contributed by atoms with Gasteiger partial charge >= 0.3 is 0 Å². The summed E-state index contributed by atoms with van der Waals surface area (Å²) in [4.78, 5) is 11.7. The summed E-state index contributed by atoms with van der Waals surface area (Å²) >= 11 is 4.61. The van der Waals surface area contributed by atoms with Crippen molar-refractivity contribution in [1.82, 2.24) is 5.32 Å². The van der Waals surface area contributed by atoms with E-state index in [0.29, 0.717) is 0 Å². The van der Waals surface area contributed by atoms with Crippen LogP contribution in [-0.2, 0) is 0 Å². The summed E-state index contributed by atoms with van der Waals surface area (Å²) in [7, 11) is 0. The van der Waals surface area contributed by atoms with Crippen molar-refractivity contribution in [2.24, 2.45) is 0 Å². The third-order valence-corrected chi connectivity index (χ3v) is 3.68. The molecule has 1 aromatic rings. The van der Waals surface area contributed by atoms with Gasteiger partial charge in [-0.1, -0.05) is 29.0 Å². The van der Waals surface area contributed by atoms with E-state index in [1.807, 2.05) is 24.3 Å². The fourth-order valence-corrected chi connectivity index (χ4v) is 2.20. The lowest BCUT2D eigenvalue weighted by molar-refractivity contribution is 0.0953. The molecule has 0 unspecified atom stereocenters. The maximum absolute atomic E-state index is 11.7. The van der Waals surface area contributed by atoms with Crippen LogP contribution in [0.1, 0.15) is 29.6 Å². The number of benzene rings is 1. The molecule has 0 spiro atoms. The third kappa shape index (κ3) is 5.47. The molecule has 0 saturated heterocycles. The van der Waals surface area contributed by atoms with Crippen molar-refractivity contribution in [2.75, 3.05) is 11.0 Å². The van der Waals surface area contributed by atoms with Gasteiger partial charge in [-0.3, -0.25) is 4.79 Å². The summed E-state index contributed by atoms with van der Waals surface area (Å²) in [5, 5.41) is 2.93. The Morgan fingerprint density at radius 3 is 2.44 bits per heavy atom. The van der Waals surface area contributed by atoms with E-state index in [1.165, 1.54) is 17.3 Å². The molecule has 1 rings (SSSR count). The van der Waals surface area contributed by atoms with E-state index in [4.69, 9.17) is 0 Å². The quantitative estimate of drug-likeness (QED) is 0.407. The van der Waals surface area contributed by atoms with Crippen LogP contribution in [-0.4, -0.2) is 16.9 Å². The van der Waals surface area contributed by atoms with Gasteiger partial charge in [0.2, 0.25) is 0 Å². The Morgan fingerprint density at radius 1 is 1.12 bits per heavy atom. The Balaban J connectivity index is 2.27. The smallest absolute Gasteiger partial charge is 0.251 e. The van der Waals surface area contributed by atoms with Gasteiger partial charge in [0.15, 0.2) is 0 Å². The highest BCUT2D eigenvalue weighted by atomic mass is 127. The van der Waals surface area contributed by atoms with Crippen molar-refractivity contribution in [2.45, 2.75) is 19.3 Å². The highest BCUT2D eigenvalue weighted by Crippen LogP contribution is 2.06. The van der Waals surface area contributed by atoms with Gasteiger partial charge in [0.1, 0.15) is 0 Å². The molecule has 1 amide bonds. The van der Waals surface area contributed by atoms with Crippen molar-refractivity contribution in [3.05, 3.63) is 33.4 Å². The summed E-state index contributed by atoms with van der Waals surface area (Å²) in [6, 6.07) is 7.63. The van der Waals surface area contributed by atoms with Crippen molar-refractivity contribution < 1.29 is 4.79 Å². The number of carbonyl (C=O) groups is 1. The summed E-state index contributed by atoms with van der Waals surface area (Å²) in [6.45, 7) is 0.779. The van der Waals surface area contributed by atoms with E-state index in [2.05, 4.69) is 50.5 Å². The van der Waals surface area contributed by atoms with Gasteiger partial charge in [0.25, 0.3) is 5.91 Å². The van der Waals surface area contributed by atoms with Crippen LogP contribution in [0.15, 0.2) is 24.3 Å². The van der Waals surface area contributed by atoms with Gasteiger partial charge in [-0.25, -0.2) is 0 Å². The van der Waals surface area contributed by atoms with Crippen LogP contribution in [0.2, 0.25) is 0 Å². The average molecular weight is 443 g/mol. The number of unbranched alkanes of at least 4 members (excludes halogenated alkanes) is 2. The van der Waals surface area contributed by atoms with Crippen molar-refractivity contribution >= 4 is 51.1 Å². The summed E-state index contributed by atoms with van der Waals surface area (Å²) < 4.78 is 2.35. The minimum atomic E-state index is 0.0332. The zero-order valence-corrected chi connectivity index (χ0v) is 13.3. The third-order valence-electron chi connectivity index (χ3n) is 2.20. The van der Waals surface area contributed by atoms with Gasteiger partial charge in [0.05, 0.1) is 0 Å². The van der Waals surface area contributed by atoms with Crippen LogP contribution in [0.5, 0.6) is 0 Å². The fraction of sp³-hybridized carbons (Fsp3) is 0.417. The first-order valence-corrected chi connectivity index (χ1v) is 7.94. The van der Waals surface area contributed by atoms with E-state index >= 15 is 0 Å². The molecule has 1 N–H and O–H groups in total. The molecule has 0 radical (unpaired) electrons. The van der Waals surface area contributed by atoms with E-state index in [0.717, 1.165) is 22.1 Å². The summed E-state index contributed by atoms with van der Waals surface area (Å²) in [6.07, 6.45) is 3.50. The fourth-order valence-electron chi connectivity index (χ4n) is 1.30. The average Bonchev–Trinajstić information content (AvgIpc) is 2.29. The Morgan fingerprint density at radius 2 is 1.81 bits per heavy atom. The zero-order valence-electron chi connectivity index (χ0n) is 9.01. The molecule has 0 bridgehead atoms. The second-order valence-corrected chi connectivity index (χ2v) is 5.84. The number of halogens is 2. The Kier molecular flexibility index (Phi) is 7.35. The van der Waals surface area contributed by atoms with Crippen LogP contribution in [0.4, 0.5) is 0 Å². The first-order chi connectivity index (χ1) is 7.74. The molecular formula is C12H15I2NO. The Labute approximate surface area is 124 Å². The second-order valence-electron chi connectivity index (χ2n) is 3.51. The number of hydrogen-bond acceptors (Lipinski definition) is 1. The zero-order chi connectivity index (χ0) is 11.8. The van der Waals surface area contributed by atoms with Crippen LogP contribution in [0.3, 0.4) is 0 Å². The van der Waals surface area contributed by atoms with Crippen LogP contribution >= 0.6 is 45.2 Å². The SMILES string of the molecule is O=C(NCCCCCI)c1ccc(I)cc1. The molecule has 0 heterocycles. The lowest BCUT2D eigenvalue weighted by atomic mass is 10.2. The highest BCUT2D eigenvalue weighted by molar-refractivity contribution is 14.1. The normalized spacial score (nSPS) is 10.1. The molecular weight excluding hydrogens is 428 g/mol. The number of amides is 1. The minimum absolute atomic E-state index is 0.0332. The Bertz CT molecular complexity index is 324. The number of alkyl halides is 1. The molecule has 4 heteroatoms.